The Kier molecular flexibility index (Phi) is 5.97. The predicted octanol–water partition coefficient (Wildman–Crippen LogP) is 3.49. The number of pyridine rings is 1. The van der Waals surface area contributed by atoms with Crippen LogP contribution in [0.15, 0.2) is 53.1 Å². The van der Waals surface area contributed by atoms with E-state index >= 15 is 0 Å². The fourth-order valence-corrected chi connectivity index (χ4v) is 1.98. The molecule has 1 heterocycles. The van der Waals surface area contributed by atoms with Crippen molar-refractivity contribution < 1.29 is 14.6 Å². The van der Waals surface area contributed by atoms with E-state index in [0.29, 0.717) is 10.3 Å². The van der Waals surface area contributed by atoms with E-state index in [4.69, 9.17) is 4.74 Å². The van der Waals surface area contributed by atoms with E-state index < -0.39 is 6.09 Å². The quantitative estimate of drug-likeness (QED) is 0.798. The summed E-state index contributed by atoms with van der Waals surface area (Å²) in [6.07, 6.45) is 2.80. The zero-order valence-electron chi connectivity index (χ0n) is 11.7. The fourth-order valence-electron chi connectivity index (χ4n) is 1.65. The van der Waals surface area contributed by atoms with Gasteiger partial charge in [-0.1, -0.05) is 36.4 Å². The highest BCUT2D eigenvalue weighted by molar-refractivity contribution is 9.10. The van der Waals surface area contributed by atoms with Crippen molar-refractivity contribution in [2.24, 2.45) is 0 Å². The van der Waals surface area contributed by atoms with Crippen LogP contribution in [0.3, 0.4) is 0 Å². The van der Waals surface area contributed by atoms with Gasteiger partial charge in [0, 0.05) is 6.54 Å². The summed E-state index contributed by atoms with van der Waals surface area (Å²) in [6, 6.07) is 12.6. The number of nitrogens with one attached hydrogen (secondary N) is 1. The molecule has 114 valence electrons. The molecule has 0 bridgehead atoms. The van der Waals surface area contributed by atoms with Crippen LogP contribution in [0.1, 0.15) is 11.3 Å². The average Bonchev–Trinajstić information content (AvgIpc) is 2.53. The van der Waals surface area contributed by atoms with Gasteiger partial charge in [-0.15, -0.1) is 0 Å². The maximum absolute atomic E-state index is 11.5. The Morgan fingerprint density at radius 2 is 2.05 bits per heavy atom. The number of benzene rings is 1. The first kappa shape index (κ1) is 16.0. The van der Waals surface area contributed by atoms with Crippen LogP contribution in [-0.2, 0) is 11.3 Å². The topological polar surface area (TPSA) is 71.5 Å². The van der Waals surface area contributed by atoms with E-state index in [0.717, 1.165) is 5.56 Å². The lowest BCUT2D eigenvalue weighted by Gasteiger charge is -2.05. The maximum Gasteiger partial charge on any atom is 0.407 e. The summed E-state index contributed by atoms with van der Waals surface area (Å²) in [4.78, 5) is 15.6. The maximum atomic E-state index is 11.5. The van der Waals surface area contributed by atoms with Gasteiger partial charge in [0.25, 0.3) is 0 Å². The second-order valence-electron chi connectivity index (χ2n) is 4.38. The molecule has 1 aromatic heterocycles. The summed E-state index contributed by atoms with van der Waals surface area (Å²) in [5.74, 6) is 0.0751. The lowest BCUT2D eigenvalue weighted by molar-refractivity contribution is 0.141. The number of hydrogen-bond acceptors (Lipinski definition) is 4. The van der Waals surface area contributed by atoms with Crippen molar-refractivity contribution in [1.82, 2.24) is 10.3 Å². The number of alkyl carbamates (subject to hydrolysis) is 1. The molecule has 0 unspecified atom stereocenters. The smallest absolute Gasteiger partial charge is 0.407 e. The van der Waals surface area contributed by atoms with E-state index in [2.05, 4.69) is 26.2 Å². The molecule has 1 aromatic carbocycles. The van der Waals surface area contributed by atoms with E-state index in [9.17, 15) is 9.90 Å². The number of aromatic hydroxyl groups is 1. The second-order valence-corrected chi connectivity index (χ2v) is 5.20. The van der Waals surface area contributed by atoms with Crippen LogP contribution in [0.4, 0.5) is 4.79 Å². The number of rotatable bonds is 5. The first-order valence-electron chi connectivity index (χ1n) is 6.62. The van der Waals surface area contributed by atoms with Gasteiger partial charge in [-0.25, -0.2) is 9.78 Å². The normalized spacial score (nSPS) is 10.6. The molecule has 1 amide bonds. The summed E-state index contributed by atoms with van der Waals surface area (Å²) in [5, 5.41) is 12.2. The molecule has 2 N–H and O–H groups in total. The Labute approximate surface area is 136 Å². The number of amides is 1. The third-order valence-corrected chi connectivity index (χ3v) is 3.16. The third kappa shape index (κ3) is 5.21. The first-order chi connectivity index (χ1) is 10.6. The molecular weight excluding hydrogens is 348 g/mol. The molecule has 2 aromatic rings. The van der Waals surface area contributed by atoms with Crippen molar-refractivity contribution in [3.63, 3.8) is 0 Å². The Morgan fingerprint density at radius 1 is 1.27 bits per heavy atom. The van der Waals surface area contributed by atoms with Gasteiger partial charge in [-0.3, -0.25) is 0 Å². The summed E-state index contributed by atoms with van der Waals surface area (Å²) in [7, 11) is 0. The van der Waals surface area contributed by atoms with Gasteiger partial charge < -0.3 is 15.2 Å². The van der Waals surface area contributed by atoms with Crippen LogP contribution in [0.5, 0.6) is 5.75 Å². The number of hydrogen-bond donors (Lipinski definition) is 2. The fraction of sp³-hybridized carbons (Fsp3) is 0.125. The third-order valence-electron chi connectivity index (χ3n) is 2.72. The molecule has 0 spiro atoms. The number of carbonyl (C=O) groups is 1. The van der Waals surface area contributed by atoms with Gasteiger partial charge in [0.1, 0.15) is 22.7 Å². The number of halogens is 1. The van der Waals surface area contributed by atoms with Gasteiger partial charge in [-0.2, -0.15) is 0 Å². The standard InChI is InChI=1S/C16H15BrN2O3/c17-15-9-8-14(20)13(19-15)7-4-10-18-16(21)22-11-12-5-2-1-3-6-12/h1-9,20H,10-11H2,(H,18,21). The summed E-state index contributed by atoms with van der Waals surface area (Å²) < 4.78 is 5.69. The largest absolute Gasteiger partial charge is 0.506 e. The Hall–Kier alpha value is -2.34. The van der Waals surface area contributed by atoms with E-state index in [1.165, 1.54) is 6.07 Å². The minimum Gasteiger partial charge on any atom is -0.506 e. The highest BCUT2D eigenvalue weighted by Crippen LogP contribution is 2.18. The van der Waals surface area contributed by atoms with Crippen molar-refractivity contribution in [3.8, 4) is 5.75 Å². The monoisotopic (exact) mass is 362 g/mol. The molecule has 22 heavy (non-hydrogen) atoms. The first-order valence-corrected chi connectivity index (χ1v) is 7.41. The molecule has 0 atom stereocenters. The molecule has 6 heteroatoms. The molecule has 2 rings (SSSR count). The Balaban J connectivity index is 1.75. The Morgan fingerprint density at radius 3 is 2.82 bits per heavy atom. The van der Waals surface area contributed by atoms with E-state index in [-0.39, 0.29) is 18.9 Å². The minimum atomic E-state index is -0.500. The summed E-state index contributed by atoms with van der Waals surface area (Å²) in [6.45, 7) is 0.506. The number of ether oxygens (including phenoxy) is 1. The van der Waals surface area contributed by atoms with Crippen LogP contribution in [-0.4, -0.2) is 22.7 Å². The molecule has 0 saturated carbocycles. The van der Waals surface area contributed by atoms with E-state index in [1.807, 2.05) is 30.3 Å². The van der Waals surface area contributed by atoms with Gasteiger partial charge in [0.15, 0.2) is 0 Å². The van der Waals surface area contributed by atoms with Gasteiger partial charge in [-0.05, 0) is 39.7 Å². The van der Waals surface area contributed by atoms with Gasteiger partial charge in [0.05, 0.1) is 0 Å². The molecule has 0 saturated heterocycles. The molecule has 0 aliphatic carbocycles. The van der Waals surface area contributed by atoms with Crippen molar-refractivity contribution in [1.29, 1.82) is 0 Å². The van der Waals surface area contributed by atoms with Crippen LogP contribution >= 0.6 is 15.9 Å². The highest BCUT2D eigenvalue weighted by atomic mass is 79.9. The number of nitrogens with zero attached hydrogens (tertiary/aromatic N) is 1. The van der Waals surface area contributed by atoms with Crippen LogP contribution in [0.2, 0.25) is 0 Å². The number of aromatic nitrogens is 1. The van der Waals surface area contributed by atoms with Gasteiger partial charge >= 0.3 is 6.09 Å². The van der Waals surface area contributed by atoms with Crippen molar-refractivity contribution >= 4 is 28.1 Å². The lowest BCUT2D eigenvalue weighted by Crippen LogP contribution is -2.24. The lowest BCUT2D eigenvalue weighted by atomic mass is 10.2. The second kappa shape index (κ2) is 8.19. The van der Waals surface area contributed by atoms with Crippen molar-refractivity contribution in [2.45, 2.75) is 6.61 Å². The zero-order chi connectivity index (χ0) is 15.8. The van der Waals surface area contributed by atoms with Crippen LogP contribution in [0.25, 0.3) is 6.08 Å². The SMILES string of the molecule is O=C(NCC=Cc1nc(Br)ccc1O)OCc1ccccc1. The summed E-state index contributed by atoms with van der Waals surface area (Å²) >= 11 is 3.23. The molecule has 0 radical (unpaired) electrons. The van der Waals surface area contributed by atoms with Gasteiger partial charge in [0.2, 0.25) is 0 Å². The van der Waals surface area contributed by atoms with Crippen LogP contribution < -0.4 is 5.32 Å². The van der Waals surface area contributed by atoms with E-state index in [1.54, 1.807) is 18.2 Å². The average molecular weight is 363 g/mol. The molecule has 0 aliphatic rings. The molecule has 0 fully saturated rings. The summed E-state index contributed by atoms with van der Waals surface area (Å²) in [5.41, 5.74) is 1.35. The van der Waals surface area contributed by atoms with Crippen molar-refractivity contribution in [2.75, 3.05) is 6.54 Å². The van der Waals surface area contributed by atoms with Crippen LogP contribution in [0, 0.1) is 0 Å². The van der Waals surface area contributed by atoms with Crippen molar-refractivity contribution in [3.05, 3.63) is 64.4 Å². The Bertz CT molecular complexity index is 660. The molecular formula is C16H15BrN2O3. The highest BCUT2D eigenvalue weighted by Gasteiger charge is 2.01. The number of carbonyl (C=O) groups excluding carboxylic acids is 1. The predicted molar refractivity (Wildman–Crippen MR) is 87.3 cm³/mol. The molecule has 5 nitrogen and oxygen atoms in total. The minimum absolute atomic E-state index is 0.0751. The zero-order valence-corrected chi connectivity index (χ0v) is 13.3. The molecule has 0 aliphatic heterocycles.